The van der Waals surface area contributed by atoms with Gasteiger partial charge in [-0.3, -0.25) is 9.63 Å². The van der Waals surface area contributed by atoms with Crippen LogP contribution in [0.4, 0.5) is 0 Å². The first-order valence-electron chi connectivity index (χ1n) is 7.02. The van der Waals surface area contributed by atoms with Gasteiger partial charge in [0.05, 0.1) is 5.69 Å². The Balaban J connectivity index is 1.61. The van der Waals surface area contributed by atoms with Gasteiger partial charge < -0.3 is 4.42 Å². The molecule has 21 heavy (non-hydrogen) atoms. The molecule has 0 saturated carbocycles. The zero-order chi connectivity index (χ0) is 15.1. The average molecular weight is 288 g/mol. The normalized spacial score (nSPS) is 10.6. The van der Waals surface area contributed by atoms with Gasteiger partial charge in [0.15, 0.2) is 6.61 Å². The number of hydrogen-bond donors (Lipinski definition) is 1. The quantitative estimate of drug-likeness (QED) is 0.796. The van der Waals surface area contributed by atoms with E-state index in [9.17, 15) is 4.79 Å². The van der Waals surface area contributed by atoms with Gasteiger partial charge in [0.25, 0.3) is 0 Å². The number of carbonyl (C=O) groups excluding carboxylic acids is 1. The molecule has 0 aliphatic rings. The summed E-state index contributed by atoms with van der Waals surface area (Å²) in [5.74, 6) is 1.10. The van der Waals surface area contributed by atoms with Crippen LogP contribution in [-0.2, 0) is 22.7 Å². The minimum Gasteiger partial charge on any atom is -0.443 e. The highest BCUT2D eigenvalue weighted by atomic mass is 16.7. The molecule has 5 nitrogen and oxygen atoms in total. The molecule has 2 rings (SSSR count). The largest absolute Gasteiger partial charge is 0.443 e. The Morgan fingerprint density at radius 2 is 2.05 bits per heavy atom. The highest BCUT2D eigenvalue weighted by molar-refractivity contribution is 5.74. The molecule has 0 saturated heterocycles. The van der Waals surface area contributed by atoms with Gasteiger partial charge in [-0.25, -0.2) is 10.5 Å². The standard InChI is InChI=1S/C16H20N2O3/c1-12-13(2)21-16(17-12)11-20-18-15(19)10-6-9-14-7-4-3-5-8-14/h3-5,7-8H,6,9-11H2,1-2H3,(H,18,19). The Bertz CT molecular complexity index is 559. The maximum Gasteiger partial charge on any atom is 0.243 e. The van der Waals surface area contributed by atoms with Crippen LogP contribution in [0.25, 0.3) is 0 Å². The van der Waals surface area contributed by atoms with Gasteiger partial charge in [-0.1, -0.05) is 30.3 Å². The van der Waals surface area contributed by atoms with Crippen LogP contribution in [0.1, 0.15) is 35.7 Å². The topological polar surface area (TPSA) is 64.4 Å². The summed E-state index contributed by atoms with van der Waals surface area (Å²) in [4.78, 5) is 20.9. The highest BCUT2D eigenvalue weighted by Gasteiger charge is 2.07. The molecule has 1 heterocycles. The van der Waals surface area contributed by atoms with Crippen LogP contribution in [0, 0.1) is 13.8 Å². The number of amides is 1. The molecule has 0 aliphatic heterocycles. The zero-order valence-corrected chi connectivity index (χ0v) is 12.4. The van der Waals surface area contributed by atoms with E-state index >= 15 is 0 Å². The van der Waals surface area contributed by atoms with Crippen LogP contribution in [0.15, 0.2) is 34.7 Å². The van der Waals surface area contributed by atoms with Gasteiger partial charge in [-0.2, -0.15) is 0 Å². The molecule has 1 amide bonds. The van der Waals surface area contributed by atoms with E-state index in [1.54, 1.807) is 0 Å². The highest BCUT2D eigenvalue weighted by Crippen LogP contribution is 2.08. The first kappa shape index (κ1) is 15.3. The SMILES string of the molecule is Cc1nc(CONC(=O)CCCc2ccccc2)oc1C. The van der Waals surface area contributed by atoms with E-state index in [1.165, 1.54) is 5.56 Å². The van der Waals surface area contributed by atoms with Crippen molar-refractivity contribution in [1.82, 2.24) is 10.5 Å². The lowest BCUT2D eigenvalue weighted by Crippen LogP contribution is -2.23. The predicted octanol–water partition coefficient (Wildman–Crippen LogP) is 2.86. The zero-order valence-electron chi connectivity index (χ0n) is 12.4. The second-order valence-corrected chi connectivity index (χ2v) is 4.90. The lowest BCUT2D eigenvalue weighted by atomic mass is 10.1. The molecule has 1 aromatic carbocycles. The van der Waals surface area contributed by atoms with Crippen molar-refractivity contribution in [3.05, 3.63) is 53.2 Å². The van der Waals surface area contributed by atoms with Crippen LogP contribution in [0.2, 0.25) is 0 Å². The van der Waals surface area contributed by atoms with E-state index in [1.807, 2.05) is 32.0 Å². The molecule has 0 fully saturated rings. The third-order valence-electron chi connectivity index (χ3n) is 3.17. The Morgan fingerprint density at radius 1 is 1.29 bits per heavy atom. The van der Waals surface area contributed by atoms with Crippen LogP contribution < -0.4 is 5.48 Å². The molecule has 0 aliphatic carbocycles. The fourth-order valence-corrected chi connectivity index (χ4v) is 1.93. The summed E-state index contributed by atoms with van der Waals surface area (Å²) in [7, 11) is 0. The summed E-state index contributed by atoms with van der Waals surface area (Å²) >= 11 is 0. The van der Waals surface area contributed by atoms with Crippen LogP contribution >= 0.6 is 0 Å². The fraction of sp³-hybridized carbons (Fsp3) is 0.375. The van der Waals surface area contributed by atoms with Gasteiger partial charge in [-0.05, 0) is 32.3 Å². The second-order valence-electron chi connectivity index (χ2n) is 4.90. The first-order valence-corrected chi connectivity index (χ1v) is 7.02. The lowest BCUT2D eigenvalue weighted by Gasteiger charge is -2.04. The third-order valence-corrected chi connectivity index (χ3v) is 3.17. The summed E-state index contributed by atoms with van der Waals surface area (Å²) in [5.41, 5.74) is 4.48. The van der Waals surface area contributed by atoms with Crippen LogP contribution in [0.5, 0.6) is 0 Å². The molecule has 5 heteroatoms. The molecule has 112 valence electrons. The van der Waals surface area contributed by atoms with Crippen LogP contribution in [-0.4, -0.2) is 10.9 Å². The number of hydroxylamine groups is 1. The fourth-order valence-electron chi connectivity index (χ4n) is 1.93. The molecule has 1 N–H and O–H groups in total. The second kappa shape index (κ2) is 7.59. The molecule has 0 bridgehead atoms. The van der Waals surface area contributed by atoms with Gasteiger partial charge >= 0.3 is 0 Å². The minimum absolute atomic E-state index is 0.133. The monoisotopic (exact) mass is 288 g/mol. The first-order chi connectivity index (χ1) is 10.1. The van der Waals surface area contributed by atoms with Crippen molar-refractivity contribution < 1.29 is 14.0 Å². The van der Waals surface area contributed by atoms with E-state index in [0.717, 1.165) is 24.3 Å². The summed E-state index contributed by atoms with van der Waals surface area (Å²) in [6.45, 7) is 3.84. The Labute approximate surface area is 124 Å². The van der Waals surface area contributed by atoms with Gasteiger partial charge in [0.1, 0.15) is 5.76 Å². The van der Waals surface area contributed by atoms with Crippen molar-refractivity contribution in [1.29, 1.82) is 0 Å². The van der Waals surface area contributed by atoms with E-state index in [4.69, 9.17) is 9.25 Å². The van der Waals surface area contributed by atoms with E-state index < -0.39 is 0 Å². The average Bonchev–Trinajstić information content (AvgIpc) is 2.79. The Hall–Kier alpha value is -2.14. The number of aryl methyl sites for hydroxylation is 3. The summed E-state index contributed by atoms with van der Waals surface area (Å²) in [6.07, 6.45) is 2.10. The summed E-state index contributed by atoms with van der Waals surface area (Å²) < 4.78 is 5.35. The molecule has 0 atom stereocenters. The lowest BCUT2D eigenvalue weighted by molar-refractivity contribution is -0.135. The molecule has 0 radical (unpaired) electrons. The van der Waals surface area contributed by atoms with Crippen molar-refractivity contribution >= 4 is 5.91 Å². The van der Waals surface area contributed by atoms with Crippen molar-refractivity contribution in [2.45, 2.75) is 39.7 Å². The molecule has 0 unspecified atom stereocenters. The number of oxazole rings is 1. The number of carbonyl (C=O) groups is 1. The van der Waals surface area contributed by atoms with Crippen molar-refractivity contribution in [2.75, 3.05) is 0 Å². The number of rotatable bonds is 7. The predicted molar refractivity (Wildman–Crippen MR) is 78.3 cm³/mol. The minimum atomic E-state index is -0.133. The Morgan fingerprint density at radius 3 is 2.71 bits per heavy atom. The number of hydrogen-bond acceptors (Lipinski definition) is 4. The molecule has 1 aromatic heterocycles. The molecular formula is C16H20N2O3. The van der Waals surface area contributed by atoms with Crippen LogP contribution in [0.3, 0.4) is 0 Å². The van der Waals surface area contributed by atoms with E-state index in [0.29, 0.717) is 12.3 Å². The Kier molecular flexibility index (Phi) is 5.51. The molecule has 0 spiro atoms. The maximum atomic E-state index is 11.6. The van der Waals surface area contributed by atoms with Gasteiger partial charge in [-0.15, -0.1) is 0 Å². The number of benzene rings is 1. The molecular weight excluding hydrogens is 268 g/mol. The maximum absolute atomic E-state index is 11.6. The number of nitrogens with zero attached hydrogens (tertiary/aromatic N) is 1. The molecule has 2 aromatic rings. The van der Waals surface area contributed by atoms with E-state index in [2.05, 4.69) is 22.6 Å². The van der Waals surface area contributed by atoms with E-state index in [-0.39, 0.29) is 12.5 Å². The number of aromatic nitrogens is 1. The van der Waals surface area contributed by atoms with Crippen molar-refractivity contribution in [3.63, 3.8) is 0 Å². The summed E-state index contributed by atoms with van der Waals surface area (Å²) in [5, 5.41) is 0. The van der Waals surface area contributed by atoms with Gasteiger partial charge in [0, 0.05) is 6.42 Å². The smallest absolute Gasteiger partial charge is 0.243 e. The number of nitrogens with one attached hydrogen (secondary N) is 1. The third kappa shape index (κ3) is 5.04. The van der Waals surface area contributed by atoms with Crippen molar-refractivity contribution in [2.24, 2.45) is 0 Å². The van der Waals surface area contributed by atoms with Crippen molar-refractivity contribution in [3.8, 4) is 0 Å². The summed E-state index contributed by atoms with van der Waals surface area (Å²) in [6, 6.07) is 10.1. The van der Waals surface area contributed by atoms with Gasteiger partial charge in [0.2, 0.25) is 11.8 Å².